The van der Waals surface area contributed by atoms with Crippen LogP contribution in [-0.4, -0.2) is 29.6 Å². The molecule has 7 heteroatoms. The number of carboxylic acid groups (broad SMARTS) is 1. The molecule has 1 heterocycles. The maximum atomic E-state index is 13.7. The van der Waals surface area contributed by atoms with Gasteiger partial charge in [0.1, 0.15) is 18.1 Å². The minimum Gasteiger partial charge on any atom is -0.488 e. The molecule has 1 atom stereocenters. The zero-order chi connectivity index (χ0) is 14.3. The summed E-state index contributed by atoms with van der Waals surface area (Å²) in [5.74, 6) is -2.33. The highest BCUT2D eigenvalue weighted by Crippen LogP contribution is 2.44. The summed E-state index contributed by atoms with van der Waals surface area (Å²) in [5.41, 5.74) is -0.204. The van der Waals surface area contributed by atoms with Crippen molar-refractivity contribution in [2.75, 3.05) is 11.5 Å². The van der Waals surface area contributed by atoms with E-state index in [0.29, 0.717) is 0 Å². The second kappa shape index (κ2) is 4.80. The number of carboxylic acids is 1. The number of anilines is 1. The summed E-state index contributed by atoms with van der Waals surface area (Å²) in [6.07, 6.45) is 0. The molecule has 5 nitrogen and oxygen atoms in total. The van der Waals surface area contributed by atoms with Gasteiger partial charge in [-0.2, -0.15) is 0 Å². The predicted octanol–water partition coefficient (Wildman–Crippen LogP) is 2.42. The van der Waals surface area contributed by atoms with E-state index in [2.05, 4.69) is 15.9 Å². The van der Waals surface area contributed by atoms with Crippen molar-refractivity contribution in [2.45, 2.75) is 19.9 Å². The Balaban J connectivity index is 2.77. The maximum absolute atomic E-state index is 13.7. The van der Waals surface area contributed by atoms with E-state index in [1.54, 1.807) is 6.92 Å². The van der Waals surface area contributed by atoms with Gasteiger partial charge in [0.15, 0.2) is 5.75 Å². The first-order chi connectivity index (χ1) is 8.84. The van der Waals surface area contributed by atoms with Crippen molar-refractivity contribution in [3.05, 3.63) is 21.9 Å². The first kappa shape index (κ1) is 13.8. The molecular weight excluding hydrogens is 321 g/mol. The van der Waals surface area contributed by atoms with Gasteiger partial charge in [0.05, 0.1) is 16.1 Å². The van der Waals surface area contributed by atoms with Crippen LogP contribution in [0.1, 0.15) is 24.2 Å². The Morgan fingerprint density at radius 1 is 1.58 bits per heavy atom. The second-order valence-electron chi connectivity index (χ2n) is 4.25. The number of hydrogen-bond donors (Lipinski definition) is 1. The second-order valence-corrected chi connectivity index (χ2v) is 5.04. The van der Waals surface area contributed by atoms with E-state index in [4.69, 9.17) is 9.84 Å². The van der Waals surface area contributed by atoms with Crippen molar-refractivity contribution in [3.63, 3.8) is 0 Å². The van der Waals surface area contributed by atoms with Gasteiger partial charge in [0.25, 0.3) is 0 Å². The zero-order valence-electron chi connectivity index (χ0n) is 10.2. The number of hydrogen-bond acceptors (Lipinski definition) is 3. The number of carbonyl (C=O) groups is 2. The predicted molar refractivity (Wildman–Crippen MR) is 69.2 cm³/mol. The zero-order valence-corrected chi connectivity index (χ0v) is 11.8. The Bertz CT molecular complexity index is 575. The van der Waals surface area contributed by atoms with Gasteiger partial charge in [-0.1, -0.05) is 0 Å². The fourth-order valence-electron chi connectivity index (χ4n) is 2.09. The molecule has 1 aliphatic heterocycles. The average molecular weight is 332 g/mol. The lowest BCUT2D eigenvalue weighted by molar-refractivity contribution is -0.117. The lowest BCUT2D eigenvalue weighted by Crippen LogP contribution is -2.45. The molecule has 1 aromatic rings. The summed E-state index contributed by atoms with van der Waals surface area (Å²) in [7, 11) is 0. The molecule has 0 fully saturated rings. The van der Waals surface area contributed by atoms with Crippen LogP contribution in [0.5, 0.6) is 5.75 Å². The molecular formula is C12H11BrFNO4. The van der Waals surface area contributed by atoms with Gasteiger partial charge >= 0.3 is 5.97 Å². The quantitative estimate of drug-likeness (QED) is 0.858. The van der Waals surface area contributed by atoms with E-state index in [1.165, 1.54) is 11.8 Å². The fraction of sp³-hybridized carbons (Fsp3) is 0.333. The molecule has 0 aliphatic carbocycles. The smallest absolute Gasteiger partial charge is 0.338 e. The van der Waals surface area contributed by atoms with Crippen molar-refractivity contribution >= 4 is 33.5 Å². The highest BCUT2D eigenvalue weighted by molar-refractivity contribution is 9.10. The van der Waals surface area contributed by atoms with Crippen molar-refractivity contribution in [3.8, 4) is 5.75 Å². The van der Waals surface area contributed by atoms with Gasteiger partial charge in [-0.15, -0.1) is 0 Å². The van der Waals surface area contributed by atoms with Crippen LogP contribution in [0, 0.1) is 5.82 Å². The Hall–Kier alpha value is -1.63. The van der Waals surface area contributed by atoms with Crippen LogP contribution in [0.3, 0.4) is 0 Å². The highest BCUT2D eigenvalue weighted by Gasteiger charge is 2.34. The van der Waals surface area contributed by atoms with Crippen molar-refractivity contribution in [1.29, 1.82) is 0 Å². The van der Waals surface area contributed by atoms with Crippen molar-refractivity contribution < 1.29 is 23.8 Å². The van der Waals surface area contributed by atoms with Gasteiger partial charge in [0.2, 0.25) is 5.91 Å². The van der Waals surface area contributed by atoms with E-state index in [1.807, 2.05) is 0 Å². The van der Waals surface area contributed by atoms with Crippen LogP contribution in [0.4, 0.5) is 10.1 Å². The molecule has 0 saturated carbocycles. The molecule has 1 aliphatic rings. The first-order valence-electron chi connectivity index (χ1n) is 5.52. The van der Waals surface area contributed by atoms with E-state index in [0.717, 1.165) is 6.07 Å². The first-order valence-corrected chi connectivity index (χ1v) is 6.31. The lowest BCUT2D eigenvalue weighted by atomic mass is 10.1. The van der Waals surface area contributed by atoms with Gasteiger partial charge in [-0.05, 0) is 28.9 Å². The van der Waals surface area contributed by atoms with Gasteiger partial charge < -0.3 is 14.7 Å². The standard InChI is InChI=1S/C12H11BrFNO4/c1-5-4-19-11-9(13)8(14)3-7(12(17)18)10(11)15(5)6(2)16/h3,5H,4H2,1-2H3,(H,17,18). The van der Waals surface area contributed by atoms with Gasteiger partial charge in [0, 0.05) is 6.92 Å². The lowest BCUT2D eigenvalue weighted by Gasteiger charge is -2.35. The summed E-state index contributed by atoms with van der Waals surface area (Å²) in [5, 5.41) is 9.17. The molecule has 0 radical (unpaired) electrons. The Morgan fingerprint density at radius 3 is 2.74 bits per heavy atom. The number of amides is 1. The van der Waals surface area contributed by atoms with E-state index in [9.17, 15) is 14.0 Å². The third kappa shape index (κ3) is 2.18. The van der Waals surface area contributed by atoms with Crippen LogP contribution in [-0.2, 0) is 4.79 Å². The number of aromatic carboxylic acids is 1. The number of fused-ring (bicyclic) bond motifs is 1. The number of rotatable bonds is 1. The van der Waals surface area contributed by atoms with Gasteiger partial charge in [-0.3, -0.25) is 4.79 Å². The number of nitrogens with zero attached hydrogens (tertiary/aromatic N) is 1. The molecule has 1 aromatic carbocycles. The highest BCUT2D eigenvalue weighted by atomic mass is 79.9. The summed E-state index contributed by atoms with van der Waals surface area (Å²) >= 11 is 3.01. The summed E-state index contributed by atoms with van der Waals surface area (Å²) < 4.78 is 19.1. The van der Waals surface area contributed by atoms with E-state index < -0.39 is 11.8 Å². The van der Waals surface area contributed by atoms with E-state index in [-0.39, 0.29) is 40.0 Å². The maximum Gasteiger partial charge on any atom is 0.338 e. The van der Waals surface area contributed by atoms with Crippen molar-refractivity contribution in [2.24, 2.45) is 0 Å². The summed E-state index contributed by atoms with van der Waals surface area (Å²) in [6, 6.07) is 0.559. The molecule has 0 bridgehead atoms. The normalized spacial score (nSPS) is 17.7. The van der Waals surface area contributed by atoms with Crippen LogP contribution < -0.4 is 9.64 Å². The molecule has 1 amide bonds. The summed E-state index contributed by atoms with van der Waals surface area (Å²) in [6.45, 7) is 3.23. The van der Waals surface area contributed by atoms with Crippen LogP contribution in [0.15, 0.2) is 10.5 Å². The SMILES string of the molecule is CC(=O)N1c2c(C(=O)O)cc(F)c(Br)c2OCC1C. The minimum absolute atomic E-state index is 0.0191. The number of halogens is 2. The molecule has 0 saturated heterocycles. The molecule has 0 aromatic heterocycles. The largest absolute Gasteiger partial charge is 0.488 e. The van der Waals surface area contributed by atoms with Gasteiger partial charge in [-0.25, -0.2) is 9.18 Å². The molecule has 1 unspecified atom stereocenters. The van der Waals surface area contributed by atoms with Crippen molar-refractivity contribution in [1.82, 2.24) is 0 Å². The molecule has 0 spiro atoms. The summed E-state index contributed by atoms with van der Waals surface area (Å²) in [4.78, 5) is 24.3. The topological polar surface area (TPSA) is 66.8 Å². The van der Waals surface area contributed by atoms with Crippen LogP contribution >= 0.6 is 15.9 Å². The van der Waals surface area contributed by atoms with E-state index >= 15 is 0 Å². The fourth-order valence-corrected chi connectivity index (χ4v) is 2.51. The number of benzene rings is 1. The molecule has 19 heavy (non-hydrogen) atoms. The third-order valence-corrected chi connectivity index (χ3v) is 3.61. The Labute approximate surface area is 117 Å². The molecule has 1 N–H and O–H groups in total. The third-order valence-electron chi connectivity index (χ3n) is 2.87. The Morgan fingerprint density at radius 2 is 2.21 bits per heavy atom. The molecule has 102 valence electrons. The monoisotopic (exact) mass is 331 g/mol. The number of ether oxygens (including phenoxy) is 1. The van der Waals surface area contributed by atoms with Crippen LogP contribution in [0.25, 0.3) is 0 Å². The number of carbonyl (C=O) groups excluding carboxylic acids is 1. The average Bonchev–Trinajstić information content (AvgIpc) is 2.32. The molecule has 2 rings (SSSR count). The minimum atomic E-state index is -1.31. The van der Waals surface area contributed by atoms with Crippen LogP contribution in [0.2, 0.25) is 0 Å². The Kier molecular flexibility index (Phi) is 3.49.